The molecule has 0 radical (unpaired) electrons. The molecule has 1 saturated carbocycles. The first-order valence-corrected chi connectivity index (χ1v) is 8.98. The molecule has 3 rings (SSSR count). The molecule has 130 valence electrons. The molecule has 0 saturated heterocycles. The normalized spacial score (nSPS) is 15.8. The lowest BCUT2D eigenvalue weighted by atomic mass is 9.89. The number of hydrogen-bond acceptors (Lipinski definition) is 2. The zero-order valence-corrected chi connectivity index (χ0v) is 15.4. The van der Waals surface area contributed by atoms with Crippen LogP contribution in [-0.2, 0) is 10.3 Å². The highest BCUT2D eigenvalue weighted by Gasteiger charge is 2.40. The molecule has 1 fully saturated rings. The summed E-state index contributed by atoms with van der Waals surface area (Å²) < 4.78 is 6.16. The van der Waals surface area contributed by atoms with Gasteiger partial charge >= 0.3 is 5.97 Å². The fraction of sp³-hybridized carbons (Fsp3) is 0.348. The van der Waals surface area contributed by atoms with E-state index >= 15 is 0 Å². The van der Waals surface area contributed by atoms with Gasteiger partial charge in [-0.3, -0.25) is 0 Å². The van der Waals surface area contributed by atoms with E-state index in [-0.39, 0.29) is 5.97 Å². The van der Waals surface area contributed by atoms with Crippen molar-refractivity contribution in [3.05, 3.63) is 76.4 Å². The van der Waals surface area contributed by atoms with Crippen molar-refractivity contribution in [1.82, 2.24) is 0 Å². The van der Waals surface area contributed by atoms with Crippen molar-refractivity contribution in [3.8, 4) is 0 Å². The van der Waals surface area contributed by atoms with Crippen LogP contribution in [-0.4, -0.2) is 5.97 Å². The lowest BCUT2D eigenvalue weighted by molar-refractivity contribution is -0.0184. The van der Waals surface area contributed by atoms with Gasteiger partial charge < -0.3 is 4.74 Å². The highest BCUT2D eigenvalue weighted by Crippen LogP contribution is 2.43. The van der Waals surface area contributed by atoms with Crippen LogP contribution in [0.4, 0.5) is 0 Å². The van der Waals surface area contributed by atoms with Gasteiger partial charge in [-0.1, -0.05) is 48.0 Å². The summed E-state index contributed by atoms with van der Waals surface area (Å²) in [5.41, 5.74) is 5.64. The van der Waals surface area contributed by atoms with Gasteiger partial charge in [0.15, 0.2) is 0 Å². The molecule has 0 bridgehead atoms. The fourth-order valence-corrected chi connectivity index (χ4v) is 3.92. The quantitative estimate of drug-likeness (QED) is 0.653. The van der Waals surface area contributed by atoms with Gasteiger partial charge in [0.2, 0.25) is 0 Å². The predicted octanol–water partition coefficient (Wildman–Crippen LogP) is 5.88. The zero-order chi connectivity index (χ0) is 18.0. The summed E-state index contributed by atoms with van der Waals surface area (Å²) in [6, 6.07) is 12.2. The Kier molecular flexibility index (Phi) is 4.80. The van der Waals surface area contributed by atoms with Crippen LogP contribution in [0.3, 0.4) is 0 Å². The molecular formula is C23H26O2. The summed E-state index contributed by atoms with van der Waals surface area (Å²) in [7, 11) is 0. The van der Waals surface area contributed by atoms with Gasteiger partial charge in [0.05, 0.1) is 5.56 Å². The molecule has 0 unspecified atom stereocenters. The Labute approximate surface area is 150 Å². The van der Waals surface area contributed by atoms with Crippen molar-refractivity contribution < 1.29 is 9.53 Å². The second kappa shape index (κ2) is 6.87. The van der Waals surface area contributed by atoms with Gasteiger partial charge in [0.25, 0.3) is 0 Å². The standard InChI is InChI=1S/C23H26O2/c1-5-19-11-18(4)12-20(15-19)22(24)25-23(8-6-7-9-23)21-13-16(2)10-17(3)14-21/h5,10-15H,1,6-9H2,2-4H3. The minimum atomic E-state index is -0.494. The van der Waals surface area contributed by atoms with Crippen LogP contribution >= 0.6 is 0 Å². The third kappa shape index (κ3) is 3.68. The molecule has 25 heavy (non-hydrogen) atoms. The van der Waals surface area contributed by atoms with Gasteiger partial charge in [-0.15, -0.1) is 0 Å². The minimum absolute atomic E-state index is 0.243. The first-order valence-electron chi connectivity index (χ1n) is 8.98. The largest absolute Gasteiger partial charge is 0.451 e. The van der Waals surface area contributed by atoms with Crippen molar-refractivity contribution in [2.45, 2.75) is 52.1 Å². The van der Waals surface area contributed by atoms with Crippen LogP contribution in [0.5, 0.6) is 0 Å². The number of hydrogen-bond donors (Lipinski definition) is 0. The number of carbonyl (C=O) groups is 1. The van der Waals surface area contributed by atoms with E-state index in [0.717, 1.165) is 42.4 Å². The molecule has 2 aromatic carbocycles. The number of benzene rings is 2. The number of ether oxygens (including phenoxy) is 1. The van der Waals surface area contributed by atoms with E-state index in [1.54, 1.807) is 6.08 Å². The molecule has 0 spiro atoms. The van der Waals surface area contributed by atoms with Gasteiger partial charge in [-0.25, -0.2) is 4.79 Å². The van der Waals surface area contributed by atoms with Crippen molar-refractivity contribution in [1.29, 1.82) is 0 Å². The highest BCUT2D eigenvalue weighted by molar-refractivity contribution is 5.90. The predicted molar refractivity (Wildman–Crippen MR) is 103 cm³/mol. The number of aryl methyl sites for hydroxylation is 3. The van der Waals surface area contributed by atoms with E-state index in [2.05, 4.69) is 38.6 Å². The van der Waals surface area contributed by atoms with E-state index in [1.165, 1.54) is 11.1 Å². The van der Waals surface area contributed by atoms with E-state index in [9.17, 15) is 4.79 Å². The van der Waals surface area contributed by atoms with Crippen molar-refractivity contribution in [2.75, 3.05) is 0 Å². The Balaban J connectivity index is 1.96. The Morgan fingerprint density at radius 1 is 0.960 bits per heavy atom. The smallest absolute Gasteiger partial charge is 0.339 e. The SMILES string of the molecule is C=Cc1cc(C)cc(C(=O)OC2(c3cc(C)cc(C)c3)CCCC2)c1. The summed E-state index contributed by atoms with van der Waals surface area (Å²) in [4.78, 5) is 12.9. The minimum Gasteiger partial charge on any atom is -0.451 e. The molecule has 2 aromatic rings. The van der Waals surface area contributed by atoms with Crippen LogP contribution in [0.25, 0.3) is 6.08 Å². The third-order valence-electron chi connectivity index (χ3n) is 5.02. The summed E-state index contributed by atoms with van der Waals surface area (Å²) in [6.45, 7) is 9.98. The molecule has 0 atom stereocenters. The Bertz CT molecular complexity index is 791. The summed E-state index contributed by atoms with van der Waals surface area (Å²) in [5, 5.41) is 0. The van der Waals surface area contributed by atoms with Gasteiger partial charge in [0.1, 0.15) is 5.60 Å². The number of rotatable bonds is 4. The van der Waals surface area contributed by atoms with Crippen LogP contribution < -0.4 is 0 Å². The highest BCUT2D eigenvalue weighted by atomic mass is 16.6. The second-order valence-corrected chi connectivity index (χ2v) is 7.30. The lowest BCUT2D eigenvalue weighted by Crippen LogP contribution is -2.29. The van der Waals surface area contributed by atoms with Gasteiger partial charge in [-0.05, 0) is 75.3 Å². The monoisotopic (exact) mass is 334 g/mol. The van der Waals surface area contributed by atoms with E-state index < -0.39 is 5.60 Å². The van der Waals surface area contributed by atoms with E-state index in [4.69, 9.17) is 4.74 Å². The number of esters is 1. The van der Waals surface area contributed by atoms with Crippen LogP contribution in [0.2, 0.25) is 0 Å². The van der Waals surface area contributed by atoms with Gasteiger partial charge in [0, 0.05) is 0 Å². The van der Waals surface area contributed by atoms with Crippen molar-refractivity contribution in [3.63, 3.8) is 0 Å². The van der Waals surface area contributed by atoms with Crippen LogP contribution in [0.15, 0.2) is 43.0 Å². The molecule has 0 amide bonds. The maximum Gasteiger partial charge on any atom is 0.339 e. The maximum atomic E-state index is 12.9. The Morgan fingerprint density at radius 3 is 2.16 bits per heavy atom. The number of carbonyl (C=O) groups excluding carboxylic acids is 1. The lowest BCUT2D eigenvalue weighted by Gasteiger charge is -2.30. The second-order valence-electron chi connectivity index (χ2n) is 7.30. The summed E-state index contributed by atoms with van der Waals surface area (Å²) >= 11 is 0. The molecule has 2 nitrogen and oxygen atoms in total. The van der Waals surface area contributed by atoms with E-state index in [1.807, 2.05) is 25.1 Å². The van der Waals surface area contributed by atoms with Crippen molar-refractivity contribution in [2.24, 2.45) is 0 Å². The molecule has 0 aromatic heterocycles. The summed E-state index contributed by atoms with van der Waals surface area (Å²) in [5.74, 6) is -0.243. The van der Waals surface area contributed by atoms with Crippen molar-refractivity contribution >= 4 is 12.0 Å². The molecule has 1 aliphatic carbocycles. The molecule has 2 heteroatoms. The van der Waals surface area contributed by atoms with E-state index in [0.29, 0.717) is 5.56 Å². The molecule has 0 heterocycles. The average Bonchev–Trinajstić information content (AvgIpc) is 3.03. The summed E-state index contributed by atoms with van der Waals surface area (Å²) in [6.07, 6.45) is 5.72. The third-order valence-corrected chi connectivity index (χ3v) is 5.02. The Morgan fingerprint density at radius 2 is 1.56 bits per heavy atom. The van der Waals surface area contributed by atoms with Gasteiger partial charge in [-0.2, -0.15) is 0 Å². The zero-order valence-electron chi connectivity index (χ0n) is 15.4. The Hall–Kier alpha value is -2.35. The first kappa shape index (κ1) is 17.5. The van der Waals surface area contributed by atoms with Crippen LogP contribution in [0.1, 0.15) is 63.9 Å². The molecule has 0 aliphatic heterocycles. The first-order chi connectivity index (χ1) is 11.9. The fourth-order valence-electron chi connectivity index (χ4n) is 3.92. The molecule has 0 N–H and O–H groups in total. The molecule has 1 aliphatic rings. The average molecular weight is 334 g/mol. The maximum absolute atomic E-state index is 12.9. The molecular weight excluding hydrogens is 308 g/mol. The van der Waals surface area contributed by atoms with Crippen LogP contribution in [0, 0.1) is 20.8 Å². The topological polar surface area (TPSA) is 26.3 Å².